The van der Waals surface area contributed by atoms with E-state index in [-0.39, 0.29) is 24.8 Å². The third-order valence-corrected chi connectivity index (χ3v) is 6.85. The van der Waals surface area contributed by atoms with Gasteiger partial charge in [0.15, 0.2) is 0 Å². The molecular formula is C26H37N3O4S. The normalized spacial score (nSPS) is 12.1. The van der Waals surface area contributed by atoms with E-state index in [1.165, 1.54) is 10.6 Å². The fraction of sp³-hybridized carbons (Fsp3) is 0.462. The van der Waals surface area contributed by atoms with E-state index in [2.05, 4.69) is 5.32 Å². The molecular weight excluding hydrogens is 450 g/mol. The van der Waals surface area contributed by atoms with Crippen LogP contribution in [0.5, 0.6) is 0 Å². The number of para-hydroxylation sites is 1. The second-order valence-corrected chi connectivity index (χ2v) is 10.4. The third-order valence-electron chi connectivity index (χ3n) is 5.67. The van der Waals surface area contributed by atoms with Gasteiger partial charge in [0, 0.05) is 26.1 Å². The van der Waals surface area contributed by atoms with Gasteiger partial charge in [0.05, 0.1) is 11.9 Å². The molecule has 0 fully saturated rings. The van der Waals surface area contributed by atoms with Crippen molar-refractivity contribution in [1.82, 2.24) is 10.2 Å². The Balaban J connectivity index is 2.18. The Morgan fingerprint density at radius 2 is 1.65 bits per heavy atom. The van der Waals surface area contributed by atoms with Crippen molar-refractivity contribution in [3.05, 3.63) is 65.7 Å². The summed E-state index contributed by atoms with van der Waals surface area (Å²) in [7, 11) is -3.51. The summed E-state index contributed by atoms with van der Waals surface area (Å²) in [5.74, 6) is -0.327. The number of benzene rings is 2. The van der Waals surface area contributed by atoms with Crippen molar-refractivity contribution in [2.24, 2.45) is 0 Å². The fourth-order valence-corrected chi connectivity index (χ4v) is 4.91. The van der Waals surface area contributed by atoms with E-state index in [0.717, 1.165) is 17.5 Å². The molecule has 0 aliphatic rings. The molecule has 7 nitrogen and oxygen atoms in total. The van der Waals surface area contributed by atoms with Crippen LogP contribution >= 0.6 is 0 Å². The molecule has 2 aromatic carbocycles. The number of nitrogens with one attached hydrogen (secondary N) is 1. The summed E-state index contributed by atoms with van der Waals surface area (Å²) in [4.78, 5) is 27.8. The van der Waals surface area contributed by atoms with Gasteiger partial charge in [0.25, 0.3) is 0 Å². The predicted molar refractivity (Wildman–Crippen MR) is 137 cm³/mol. The molecule has 1 atom stereocenters. The van der Waals surface area contributed by atoms with Crippen molar-refractivity contribution in [3.8, 4) is 0 Å². The van der Waals surface area contributed by atoms with Gasteiger partial charge in [-0.15, -0.1) is 0 Å². The number of amides is 2. The van der Waals surface area contributed by atoms with Gasteiger partial charge in [-0.2, -0.15) is 0 Å². The molecule has 0 bridgehead atoms. The Morgan fingerprint density at radius 3 is 2.24 bits per heavy atom. The van der Waals surface area contributed by atoms with E-state index in [1.54, 1.807) is 17.0 Å². The van der Waals surface area contributed by atoms with Gasteiger partial charge in [-0.3, -0.25) is 13.9 Å². The zero-order valence-electron chi connectivity index (χ0n) is 20.7. The Labute approximate surface area is 204 Å². The lowest BCUT2D eigenvalue weighted by atomic mass is 10.1. The highest BCUT2D eigenvalue weighted by Crippen LogP contribution is 2.23. The van der Waals surface area contributed by atoms with Crippen LogP contribution in [0.3, 0.4) is 0 Å². The molecule has 0 aromatic heterocycles. The fourth-order valence-electron chi connectivity index (χ4n) is 3.89. The molecule has 2 rings (SSSR count). The first kappa shape index (κ1) is 27.4. The lowest BCUT2D eigenvalue weighted by Gasteiger charge is -2.31. The van der Waals surface area contributed by atoms with Gasteiger partial charge in [-0.05, 0) is 43.4 Å². The average Bonchev–Trinajstić information content (AvgIpc) is 2.80. The van der Waals surface area contributed by atoms with Gasteiger partial charge in [0.2, 0.25) is 21.8 Å². The van der Waals surface area contributed by atoms with E-state index < -0.39 is 16.1 Å². The maximum atomic E-state index is 13.3. The zero-order valence-corrected chi connectivity index (χ0v) is 21.5. The lowest BCUT2D eigenvalue weighted by molar-refractivity contribution is -0.141. The quantitative estimate of drug-likeness (QED) is 0.465. The van der Waals surface area contributed by atoms with Crippen LogP contribution < -0.4 is 9.62 Å². The molecule has 2 aromatic rings. The minimum Gasteiger partial charge on any atom is -0.354 e. The molecule has 0 heterocycles. The second kappa shape index (κ2) is 13.1. The highest BCUT2D eigenvalue weighted by molar-refractivity contribution is 7.92. The molecule has 0 radical (unpaired) electrons. The smallest absolute Gasteiger partial charge is 0.242 e. The highest BCUT2D eigenvalue weighted by atomic mass is 32.2. The summed E-state index contributed by atoms with van der Waals surface area (Å²) in [6, 6.07) is 16.3. The van der Waals surface area contributed by atoms with Gasteiger partial charge in [0.1, 0.15) is 6.04 Å². The highest BCUT2D eigenvalue weighted by Gasteiger charge is 2.28. The molecule has 34 heavy (non-hydrogen) atoms. The Morgan fingerprint density at radius 1 is 1.00 bits per heavy atom. The number of hydrogen-bond acceptors (Lipinski definition) is 4. The molecule has 1 N–H and O–H groups in total. The minimum absolute atomic E-state index is 0.141. The Kier molecular flexibility index (Phi) is 10.6. The summed E-state index contributed by atoms with van der Waals surface area (Å²) in [6.07, 6.45) is 2.97. The zero-order chi connectivity index (χ0) is 25.1. The second-order valence-electron chi connectivity index (χ2n) is 8.45. The summed E-state index contributed by atoms with van der Waals surface area (Å²) in [5, 5.41) is 2.91. The molecule has 0 spiro atoms. The van der Waals surface area contributed by atoms with Crippen LogP contribution in [0.1, 0.15) is 50.7 Å². The Hall–Kier alpha value is -2.87. The average molecular weight is 488 g/mol. The van der Waals surface area contributed by atoms with Crippen LogP contribution in [0.15, 0.2) is 54.6 Å². The van der Waals surface area contributed by atoms with E-state index in [9.17, 15) is 18.0 Å². The standard InChI is InChI=1S/C26H37N3O4S/c1-5-18-27-26(31)23(6-2)28(20-22-14-8-7-9-15-22)25(30)17-12-19-29(34(4,32)33)24-16-11-10-13-21(24)3/h7-11,13-16,23H,5-6,12,17-20H2,1-4H3,(H,27,31)/t23-/m1/s1. The van der Waals surface area contributed by atoms with Crippen LogP contribution in [0, 0.1) is 6.92 Å². The summed E-state index contributed by atoms with van der Waals surface area (Å²) in [6.45, 7) is 6.81. The van der Waals surface area contributed by atoms with Gasteiger partial charge in [-0.25, -0.2) is 8.42 Å². The molecule has 8 heteroatoms. The summed E-state index contributed by atoms with van der Waals surface area (Å²) < 4.78 is 26.3. The number of carbonyl (C=O) groups is 2. The maximum absolute atomic E-state index is 13.3. The molecule has 0 saturated carbocycles. The number of anilines is 1. The first-order valence-corrected chi connectivity index (χ1v) is 13.7. The first-order chi connectivity index (χ1) is 16.2. The number of sulfonamides is 1. The molecule has 0 unspecified atom stereocenters. The monoisotopic (exact) mass is 487 g/mol. The predicted octanol–water partition coefficient (Wildman–Crippen LogP) is 3.87. The van der Waals surface area contributed by atoms with E-state index >= 15 is 0 Å². The molecule has 0 aliphatic carbocycles. The number of rotatable bonds is 13. The topological polar surface area (TPSA) is 86.8 Å². The largest absolute Gasteiger partial charge is 0.354 e. The van der Waals surface area contributed by atoms with Crippen LogP contribution in [-0.2, 0) is 26.2 Å². The lowest BCUT2D eigenvalue weighted by Crippen LogP contribution is -2.49. The number of hydrogen-bond donors (Lipinski definition) is 1. The van der Waals surface area contributed by atoms with Crippen LogP contribution in [-0.4, -0.2) is 50.5 Å². The summed E-state index contributed by atoms with van der Waals surface area (Å²) >= 11 is 0. The van der Waals surface area contributed by atoms with Crippen molar-refractivity contribution < 1.29 is 18.0 Å². The maximum Gasteiger partial charge on any atom is 0.242 e. The Bertz CT molecular complexity index is 1040. The SMILES string of the molecule is CCCNC(=O)[C@@H](CC)N(Cc1ccccc1)C(=O)CCCN(c1ccccc1C)S(C)(=O)=O. The molecule has 2 amide bonds. The minimum atomic E-state index is -3.51. The van der Waals surface area contributed by atoms with Gasteiger partial charge in [-0.1, -0.05) is 62.4 Å². The molecule has 0 saturated heterocycles. The summed E-state index contributed by atoms with van der Waals surface area (Å²) in [5.41, 5.74) is 2.41. The number of nitrogens with zero attached hydrogens (tertiary/aromatic N) is 2. The van der Waals surface area contributed by atoms with Gasteiger partial charge < -0.3 is 10.2 Å². The van der Waals surface area contributed by atoms with Crippen molar-refractivity contribution in [1.29, 1.82) is 0 Å². The first-order valence-electron chi connectivity index (χ1n) is 11.8. The van der Waals surface area contributed by atoms with Crippen molar-refractivity contribution in [2.75, 3.05) is 23.7 Å². The van der Waals surface area contributed by atoms with E-state index in [4.69, 9.17) is 0 Å². The van der Waals surface area contributed by atoms with Crippen molar-refractivity contribution >= 4 is 27.5 Å². The molecule has 0 aliphatic heterocycles. The van der Waals surface area contributed by atoms with Crippen molar-refractivity contribution in [3.63, 3.8) is 0 Å². The van der Waals surface area contributed by atoms with Gasteiger partial charge >= 0.3 is 0 Å². The number of carbonyl (C=O) groups excluding carboxylic acids is 2. The third kappa shape index (κ3) is 7.87. The van der Waals surface area contributed by atoms with Crippen LogP contribution in [0.2, 0.25) is 0 Å². The molecule has 186 valence electrons. The van der Waals surface area contributed by atoms with E-state index in [0.29, 0.717) is 31.6 Å². The van der Waals surface area contributed by atoms with E-state index in [1.807, 2.05) is 63.2 Å². The number of aryl methyl sites for hydroxylation is 1. The van der Waals surface area contributed by atoms with Crippen molar-refractivity contribution in [2.45, 2.75) is 59.0 Å². The van der Waals surface area contributed by atoms with Crippen LogP contribution in [0.25, 0.3) is 0 Å². The van der Waals surface area contributed by atoms with Crippen LogP contribution in [0.4, 0.5) is 5.69 Å².